The van der Waals surface area contributed by atoms with Crippen molar-refractivity contribution in [2.45, 2.75) is 39.5 Å². The molecule has 1 aromatic heterocycles. The van der Waals surface area contributed by atoms with E-state index in [1.807, 2.05) is 6.07 Å². The van der Waals surface area contributed by atoms with Crippen LogP contribution >= 0.6 is 0 Å². The van der Waals surface area contributed by atoms with Crippen LogP contribution in [0.4, 0.5) is 5.82 Å². The molecule has 3 N–H and O–H groups in total. The van der Waals surface area contributed by atoms with Crippen molar-refractivity contribution < 1.29 is 5.21 Å². The van der Waals surface area contributed by atoms with Crippen LogP contribution < -0.4 is 10.6 Å². The second-order valence-corrected chi connectivity index (χ2v) is 4.88. The summed E-state index contributed by atoms with van der Waals surface area (Å²) in [5.74, 6) is 0.993. The summed E-state index contributed by atoms with van der Waals surface area (Å²) < 4.78 is 0. The van der Waals surface area contributed by atoms with Crippen LogP contribution in [-0.2, 0) is 12.8 Å². The number of nitrogens with two attached hydrogens (primary N) is 1. The molecule has 0 saturated carbocycles. The van der Waals surface area contributed by atoms with Gasteiger partial charge in [-0.2, -0.15) is 0 Å². The zero-order valence-corrected chi connectivity index (χ0v) is 11.7. The average Bonchev–Trinajstić information content (AvgIpc) is 2.89. The summed E-state index contributed by atoms with van der Waals surface area (Å²) in [5.41, 5.74) is 8.96. The maximum Gasteiger partial charge on any atom is 0.173 e. The molecule has 0 atom stereocenters. The SMILES string of the molecule is CCCN(CC)c1nc2c(cc1C(N)=NO)CCC2. The van der Waals surface area contributed by atoms with E-state index in [0.29, 0.717) is 0 Å². The number of aromatic nitrogens is 1. The van der Waals surface area contributed by atoms with Crippen molar-refractivity contribution in [3.63, 3.8) is 0 Å². The Morgan fingerprint density at radius 1 is 1.47 bits per heavy atom. The predicted molar refractivity (Wildman–Crippen MR) is 77.0 cm³/mol. The van der Waals surface area contributed by atoms with Crippen LogP contribution in [0.1, 0.15) is 43.5 Å². The molecule has 0 bridgehead atoms. The molecular weight excluding hydrogens is 240 g/mol. The lowest BCUT2D eigenvalue weighted by Gasteiger charge is -2.24. The lowest BCUT2D eigenvalue weighted by Crippen LogP contribution is -2.29. The Hall–Kier alpha value is -1.78. The minimum atomic E-state index is 0.145. The Balaban J connectivity index is 2.50. The first-order valence-electron chi connectivity index (χ1n) is 6.96. The molecule has 0 amide bonds. The highest BCUT2D eigenvalue weighted by molar-refractivity contribution is 6.01. The molecule has 0 aromatic carbocycles. The number of hydrogen-bond acceptors (Lipinski definition) is 4. The topological polar surface area (TPSA) is 74.7 Å². The number of anilines is 1. The molecule has 1 aliphatic rings. The van der Waals surface area contributed by atoms with Gasteiger partial charge in [0.1, 0.15) is 5.82 Å². The van der Waals surface area contributed by atoms with Gasteiger partial charge in [-0.25, -0.2) is 4.98 Å². The number of nitrogens with zero attached hydrogens (tertiary/aromatic N) is 3. The Morgan fingerprint density at radius 3 is 2.89 bits per heavy atom. The lowest BCUT2D eigenvalue weighted by molar-refractivity contribution is 0.318. The van der Waals surface area contributed by atoms with E-state index in [9.17, 15) is 0 Å². The predicted octanol–water partition coefficient (Wildman–Crippen LogP) is 1.90. The van der Waals surface area contributed by atoms with Gasteiger partial charge in [0.2, 0.25) is 0 Å². The number of pyridine rings is 1. The van der Waals surface area contributed by atoms with E-state index < -0.39 is 0 Å². The second-order valence-electron chi connectivity index (χ2n) is 4.88. The van der Waals surface area contributed by atoms with Gasteiger partial charge in [0, 0.05) is 18.8 Å². The molecule has 5 nitrogen and oxygen atoms in total. The van der Waals surface area contributed by atoms with E-state index >= 15 is 0 Å². The number of oxime groups is 1. The van der Waals surface area contributed by atoms with Crippen LogP contribution in [0.25, 0.3) is 0 Å². The van der Waals surface area contributed by atoms with Crippen LogP contribution in [0.15, 0.2) is 11.2 Å². The third-order valence-electron chi connectivity index (χ3n) is 3.59. The van der Waals surface area contributed by atoms with Gasteiger partial charge in [0.05, 0.1) is 5.56 Å². The first kappa shape index (κ1) is 13.6. The molecule has 2 rings (SSSR count). The van der Waals surface area contributed by atoms with Crippen molar-refractivity contribution in [2.75, 3.05) is 18.0 Å². The normalized spacial score (nSPS) is 14.5. The molecule has 1 heterocycles. The molecular formula is C14H22N4O. The van der Waals surface area contributed by atoms with E-state index in [-0.39, 0.29) is 5.84 Å². The van der Waals surface area contributed by atoms with Gasteiger partial charge in [-0.3, -0.25) is 0 Å². The van der Waals surface area contributed by atoms with Gasteiger partial charge >= 0.3 is 0 Å². The molecule has 0 spiro atoms. The monoisotopic (exact) mass is 262 g/mol. The third-order valence-corrected chi connectivity index (χ3v) is 3.59. The number of amidine groups is 1. The summed E-state index contributed by atoms with van der Waals surface area (Å²) in [4.78, 5) is 6.95. The van der Waals surface area contributed by atoms with Crippen LogP contribution in [0.5, 0.6) is 0 Å². The lowest BCUT2D eigenvalue weighted by atomic mass is 10.1. The Bertz CT molecular complexity index is 485. The average molecular weight is 262 g/mol. The maximum atomic E-state index is 8.96. The smallest absolute Gasteiger partial charge is 0.173 e. The summed E-state index contributed by atoms with van der Waals surface area (Å²) in [6.07, 6.45) is 4.25. The zero-order valence-electron chi connectivity index (χ0n) is 11.7. The molecule has 0 unspecified atom stereocenters. The Labute approximate surface area is 114 Å². The molecule has 0 aliphatic heterocycles. The molecule has 0 saturated heterocycles. The maximum absolute atomic E-state index is 8.96. The standard InChI is InChI=1S/C14H22N4O/c1-3-8-18(4-2)14-11(13(15)17-19)9-10-6-5-7-12(10)16-14/h9,19H,3-8H2,1-2H3,(H2,15,17). The van der Waals surface area contributed by atoms with Crippen molar-refractivity contribution in [1.29, 1.82) is 0 Å². The summed E-state index contributed by atoms with van der Waals surface area (Å²) in [7, 11) is 0. The Morgan fingerprint density at radius 2 is 2.26 bits per heavy atom. The number of hydrogen-bond donors (Lipinski definition) is 2. The van der Waals surface area contributed by atoms with Crippen molar-refractivity contribution in [3.05, 3.63) is 22.9 Å². The van der Waals surface area contributed by atoms with E-state index in [1.54, 1.807) is 0 Å². The quantitative estimate of drug-likeness (QED) is 0.368. The van der Waals surface area contributed by atoms with Gasteiger partial charge < -0.3 is 15.8 Å². The molecule has 5 heteroatoms. The van der Waals surface area contributed by atoms with Gasteiger partial charge in [0.25, 0.3) is 0 Å². The largest absolute Gasteiger partial charge is 0.409 e. The fraction of sp³-hybridized carbons (Fsp3) is 0.571. The molecule has 1 aromatic rings. The highest BCUT2D eigenvalue weighted by Crippen LogP contribution is 2.27. The summed E-state index contributed by atoms with van der Waals surface area (Å²) >= 11 is 0. The van der Waals surface area contributed by atoms with Crippen molar-refractivity contribution >= 4 is 11.7 Å². The van der Waals surface area contributed by atoms with Crippen LogP contribution in [0, 0.1) is 0 Å². The van der Waals surface area contributed by atoms with E-state index in [4.69, 9.17) is 15.9 Å². The highest BCUT2D eigenvalue weighted by atomic mass is 16.4. The molecule has 1 aliphatic carbocycles. The summed E-state index contributed by atoms with van der Waals surface area (Å²) in [5, 5.41) is 12.1. The van der Waals surface area contributed by atoms with Crippen LogP contribution in [0.3, 0.4) is 0 Å². The zero-order chi connectivity index (χ0) is 13.8. The van der Waals surface area contributed by atoms with Gasteiger partial charge in [0.15, 0.2) is 5.84 Å². The minimum absolute atomic E-state index is 0.145. The van der Waals surface area contributed by atoms with E-state index in [2.05, 4.69) is 23.9 Å². The number of fused-ring (bicyclic) bond motifs is 1. The first-order chi connectivity index (χ1) is 9.21. The van der Waals surface area contributed by atoms with Gasteiger partial charge in [-0.05, 0) is 44.2 Å². The van der Waals surface area contributed by atoms with Crippen molar-refractivity contribution in [1.82, 2.24) is 4.98 Å². The highest BCUT2D eigenvalue weighted by Gasteiger charge is 2.21. The third kappa shape index (κ3) is 2.64. The molecule has 104 valence electrons. The van der Waals surface area contributed by atoms with E-state index in [0.717, 1.165) is 50.2 Å². The minimum Gasteiger partial charge on any atom is -0.409 e. The fourth-order valence-corrected chi connectivity index (χ4v) is 2.63. The molecule has 0 radical (unpaired) electrons. The second kappa shape index (κ2) is 5.91. The first-order valence-corrected chi connectivity index (χ1v) is 6.96. The van der Waals surface area contributed by atoms with Crippen LogP contribution in [-0.4, -0.2) is 29.1 Å². The van der Waals surface area contributed by atoms with Gasteiger partial charge in [-0.1, -0.05) is 12.1 Å². The molecule has 0 fully saturated rings. The molecule has 19 heavy (non-hydrogen) atoms. The Kier molecular flexibility index (Phi) is 4.24. The van der Waals surface area contributed by atoms with Gasteiger partial charge in [-0.15, -0.1) is 0 Å². The van der Waals surface area contributed by atoms with Crippen molar-refractivity contribution in [2.24, 2.45) is 10.9 Å². The van der Waals surface area contributed by atoms with Crippen LogP contribution in [0.2, 0.25) is 0 Å². The van der Waals surface area contributed by atoms with Crippen molar-refractivity contribution in [3.8, 4) is 0 Å². The summed E-state index contributed by atoms with van der Waals surface area (Å²) in [6.45, 7) is 6.03. The summed E-state index contributed by atoms with van der Waals surface area (Å²) in [6, 6.07) is 2.04. The van der Waals surface area contributed by atoms with E-state index in [1.165, 1.54) is 11.3 Å². The number of aryl methyl sites for hydroxylation is 2. The fourth-order valence-electron chi connectivity index (χ4n) is 2.63. The number of rotatable bonds is 5.